The van der Waals surface area contributed by atoms with E-state index in [0.29, 0.717) is 35.9 Å². The van der Waals surface area contributed by atoms with Crippen LogP contribution in [0.15, 0.2) is 24.0 Å². The first-order chi connectivity index (χ1) is 10.6. The van der Waals surface area contributed by atoms with Gasteiger partial charge in [0.15, 0.2) is 0 Å². The number of hydrogen-bond acceptors (Lipinski definition) is 3. The van der Waals surface area contributed by atoms with Crippen LogP contribution in [0.3, 0.4) is 0 Å². The number of allylic oxidation sites excluding steroid dienone is 1. The second-order valence-corrected chi connectivity index (χ2v) is 5.72. The van der Waals surface area contributed by atoms with Gasteiger partial charge in [0.05, 0.1) is 17.2 Å². The molecule has 1 heterocycles. The van der Waals surface area contributed by atoms with Gasteiger partial charge in [0.1, 0.15) is 11.5 Å². The van der Waals surface area contributed by atoms with E-state index in [9.17, 15) is 9.90 Å². The number of carbonyl (C=O) groups is 1. The quantitative estimate of drug-likeness (QED) is 0.881. The van der Waals surface area contributed by atoms with E-state index < -0.39 is 0 Å². The third kappa shape index (κ3) is 4.17. The molecular formula is C17H22ClNO3. The van der Waals surface area contributed by atoms with Gasteiger partial charge in [0, 0.05) is 18.5 Å². The second kappa shape index (κ2) is 8.08. The molecule has 1 aromatic carbocycles. The third-order valence-electron chi connectivity index (χ3n) is 3.66. The molecule has 1 aliphatic rings. The van der Waals surface area contributed by atoms with E-state index in [-0.39, 0.29) is 17.2 Å². The molecule has 0 aromatic heterocycles. The Bertz CT molecular complexity index is 569. The zero-order chi connectivity index (χ0) is 15.9. The number of benzene rings is 1. The first-order valence-corrected chi connectivity index (χ1v) is 8.14. The molecule has 0 saturated carbocycles. The van der Waals surface area contributed by atoms with Crippen molar-refractivity contribution in [1.82, 2.24) is 5.32 Å². The van der Waals surface area contributed by atoms with Gasteiger partial charge in [-0.3, -0.25) is 4.79 Å². The van der Waals surface area contributed by atoms with Crippen molar-refractivity contribution in [2.45, 2.75) is 39.0 Å². The van der Waals surface area contributed by atoms with Gasteiger partial charge in [0.25, 0.3) is 5.91 Å². The van der Waals surface area contributed by atoms with Crippen LogP contribution in [0.4, 0.5) is 0 Å². The van der Waals surface area contributed by atoms with Gasteiger partial charge >= 0.3 is 0 Å². The SMILES string of the molecule is CCOc1ccc(/C2=C(\O)CCCCCCNC2=O)c(Cl)c1. The molecule has 22 heavy (non-hydrogen) atoms. The van der Waals surface area contributed by atoms with E-state index in [4.69, 9.17) is 16.3 Å². The number of rotatable bonds is 3. The Labute approximate surface area is 136 Å². The molecule has 4 nitrogen and oxygen atoms in total. The topological polar surface area (TPSA) is 58.6 Å². The molecule has 120 valence electrons. The molecule has 0 aliphatic carbocycles. The summed E-state index contributed by atoms with van der Waals surface area (Å²) >= 11 is 6.29. The molecule has 1 aromatic rings. The molecular weight excluding hydrogens is 302 g/mol. The number of aliphatic hydroxyl groups is 1. The summed E-state index contributed by atoms with van der Waals surface area (Å²) in [6.07, 6.45) is 4.43. The number of halogens is 1. The summed E-state index contributed by atoms with van der Waals surface area (Å²) in [6, 6.07) is 5.16. The summed E-state index contributed by atoms with van der Waals surface area (Å²) in [7, 11) is 0. The Hall–Kier alpha value is -1.68. The van der Waals surface area contributed by atoms with Crippen molar-refractivity contribution in [3.63, 3.8) is 0 Å². The molecule has 0 fully saturated rings. The standard InChI is InChI=1S/C17H22ClNO3/c1-2-22-12-8-9-13(14(18)11-12)16-15(20)7-5-3-4-6-10-19-17(16)21/h8-9,11,20H,2-7,10H2,1H3,(H,19,21)/b16-15+. The average molecular weight is 324 g/mol. The zero-order valence-electron chi connectivity index (χ0n) is 12.8. The van der Waals surface area contributed by atoms with Gasteiger partial charge in [-0.15, -0.1) is 0 Å². The maximum Gasteiger partial charge on any atom is 0.255 e. The van der Waals surface area contributed by atoms with Gasteiger partial charge in [-0.1, -0.05) is 24.4 Å². The number of hydrogen-bond donors (Lipinski definition) is 2. The molecule has 1 amide bonds. The van der Waals surface area contributed by atoms with Crippen LogP contribution in [0.5, 0.6) is 5.75 Å². The highest BCUT2D eigenvalue weighted by Crippen LogP contribution is 2.31. The lowest BCUT2D eigenvalue weighted by Crippen LogP contribution is -2.27. The van der Waals surface area contributed by atoms with Crippen LogP contribution in [-0.2, 0) is 4.79 Å². The van der Waals surface area contributed by atoms with Gasteiger partial charge in [-0.2, -0.15) is 0 Å². The van der Waals surface area contributed by atoms with Gasteiger partial charge < -0.3 is 15.2 Å². The fourth-order valence-corrected chi connectivity index (χ4v) is 2.82. The second-order valence-electron chi connectivity index (χ2n) is 5.32. The number of aliphatic hydroxyl groups excluding tert-OH is 1. The van der Waals surface area contributed by atoms with Gasteiger partial charge in [-0.05, 0) is 38.0 Å². The Morgan fingerprint density at radius 3 is 2.77 bits per heavy atom. The lowest BCUT2D eigenvalue weighted by Gasteiger charge is -2.16. The minimum absolute atomic E-state index is 0.102. The van der Waals surface area contributed by atoms with Crippen molar-refractivity contribution in [2.24, 2.45) is 0 Å². The van der Waals surface area contributed by atoms with Crippen LogP contribution in [0.2, 0.25) is 5.02 Å². The summed E-state index contributed by atoms with van der Waals surface area (Å²) in [5.74, 6) is 0.479. The molecule has 0 unspecified atom stereocenters. The first-order valence-electron chi connectivity index (χ1n) is 7.76. The lowest BCUT2D eigenvalue weighted by atomic mass is 9.99. The monoisotopic (exact) mass is 323 g/mol. The predicted molar refractivity (Wildman–Crippen MR) is 88.3 cm³/mol. The van der Waals surface area contributed by atoms with Crippen LogP contribution in [0, 0.1) is 0 Å². The number of nitrogens with one attached hydrogen (secondary N) is 1. The van der Waals surface area contributed by atoms with E-state index in [0.717, 1.165) is 25.7 Å². The normalized spacial score (nSPS) is 20.4. The Morgan fingerprint density at radius 1 is 1.27 bits per heavy atom. The largest absolute Gasteiger partial charge is 0.511 e. The van der Waals surface area contributed by atoms with Crippen LogP contribution in [0.1, 0.15) is 44.6 Å². The molecule has 2 rings (SSSR count). The molecule has 2 N–H and O–H groups in total. The van der Waals surface area contributed by atoms with Crippen molar-refractivity contribution in [3.8, 4) is 5.75 Å². The molecule has 5 heteroatoms. The van der Waals surface area contributed by atoms with E-state index in [1.807, 2.05) is 6.92 Å². The van der Waals surface area contributed by atoms with Crippen molar-refractivity contribution in [1.29, 1.82) is 0 Å². The van der Waals surface area contributed by atoms with Crippen LogP contribution >= 0.6 is 11.6 Å². The highest BCUT2D eigenvalue weighted by molar-refractivity contribution is 6.35. The van der Waals surface area contributed by atoms with E-state index in [2.05, 4.69) is 5.32 Å². The Morgan fingerprint density at radius 2 is 2.05 bits per heavy atom. The maximum absolute atomic E-state index is 12.4. The van der Waals surface area contributed by atoms with Crippen molar-refractivity contribution < 1.29 is 14.6 Å². The fourth-order valence-electron chi connectivity index (χ4n) is 2.55. The highest BCUT2D eigenvalue weighted by atomic mass is 35.5. The number of ether oxygens (including phenoxy) is 1. The molecule has 0 bridgehead atoms. The predicted octanol–water partition coefficient (Wildman–Crippen LogP) is 4.09. The molecule has 0 saturated heterocycles. The van der Waals surface area contributed by atoms with Crippen LogP contribution in [-0.4, -0.2) is 24.2 Å². The molecule has 0 spiro atoms. The van der Waals surface area contributed by atoms with Crippen molar-refractivity contribution in [2.75, 3.05) is 13.2 Å². The minimum atomic E-state index is -0.273. The first kappa shape index (κ1) is 16.7. The summed E-state index contributed by atoms with van der Waals surface area (Å²) in [5, 5.41) is 13.6. The van der Waals surface area contributed by atoms with E-state index in [1.54, 1.807) is 18.2 Å². The fraction of sp³-hybridized carbons (Fsp3) is 0.471. The lowest BCUT2D eigenvalue weighted by molar-refractivity contribution is -0.115. The van der Waals surface area contributed by atoms with Gasteiger partial charge in [0.2, 0.25) is 0 Å². The zero-order valence-corrected chi connectivity index (χ0v) is 13.6. The summed E-state index contributed by atoms with van der Waals surface area (Å²) < 4.78 is 5.40. The van der Waals surface area contributed by atoms with E-state index in [1.165, 1.54) is 0 Å². The van der Waals surface area contributed by atoms with Gasteiger partial charge in [-0.25, -0.2) is 0 Å². The number of amides is 1. The molecule has 1 aliphatic heterocycles. The third-order valence-corrected chi connectivity index (χ3v) is 3.98. The minimum Gasteiger partial charge on any atom is -0.511 e. The Kier molecular flexibility index (Phi) is 6.13. The number of carbonyl (C=O) groups excluding carboxylic acids is 1. The maximum atomic E-state index is 12.4. The molecule has 0 atom stereocenters. The van der Waals surface area contributed by atoms with Crippen molar-refractivity contribution in [3.05, 3.63) is 34.5 Å². The van der Waals surface area contributed by atoms with Crippen LogP contribution < -0.4 is 10.1 Å². The summed E-state index contributed by atoms with van der Waals surface area (Å²) in [4.78, 5) is 12.4. The van der Waals surface area contributed by atoms with Crippen LogP contribution in [0.25, 0.3) is 5.57 Å². The van der Waals surface area contributed by atoms with E-state index >= 15 is 0 Å². The molecule has 0 radical (unpaired) electrons. The Balaban J connectivity index is 2.37. The highest BCUT2D eigenvalue weighted by Gasteiger charge is 2.20. The summed E-state index contributed by atoms with van der Waals surface area (Å²) in [5.41, 5.74) is 0.815. The smallest absolute Gasteiger partial charge is 0.255 e. The average Bonchev–Trinajstić information content (AvgIpc) is 2.48. The van der Waals surface area contributed by atoms with Crippen molar-refractivity contribution >= 4 is 23.1 Å². The summed E-state index contributed by atoms with van der Waals surface area (Å²) in [6.45, 7) is 3.05.